The van der Waals surface area contributed by atoms with Gasteiger partial charge in [0.05, 0.1) is 30.9 Å². The lowest BCUT2D eigenvalue weighted by Gasteiger charge is -2.22. The highest BCUT2D eigenvalue weighted by molar-refractivity contribution is 6.39. The van der Waals surface area contributed by atoms with Crippen molar-refractivity contribution in [2.75, 3.05) is 14.2 Å². The molecule has 10 heteroatoms. The molecule has 0 spiro atoms. The molecule has 0 bridgehead atoms. The van der Waals surface area contributed by atoms with Crippen molar-refractivity contribution in [2.24, 2.45) is 0 Å². The molecule has 0 atom stereocenters. The lowest BCUT2D eigenvalue weighted by atomic mass is 9.83. The fraction of sp³-hybridized carbons (Fsp3) is 0.0769. The van der Waals surface area contributed by atoms with Crippen molar-refractivity contribution in [2.45, 2.75) is 0 Å². The number of aromatic carboxylic acids is 4. The van der Waals surface area contributed by atoms with Gasteiger partial charge in [0.2, 0.25) is 0 Å². The second-order valence-corrected chi connectivity index (χ2v) is 8.02. The standard InChI is InChI=1S/C26H16O10/c1-35-21-19-11-5-8-13(24(29)30)16-12(23(27)28)6-3-9(15(11)16)10-4-7-14(25(31)32)18(17(10)19)20(26(33)34)22(21)36-2/h3-8H,1-2H3,(H,27,28)(H,29,30)(H,31,32)(H,33,34). The van der Waals surface area contributed by atoms with E-state index in [1.807, 2.05) is 0 Å². The van der Waals surface area contributed by atoms with E-state index in [1.165, 1.54) is 50.6 Å². The Morgan fingerprint density at radius 3 is 1.39 bits per heavy atom. The summed E-state index contributed by atoms with van der Waals surface area (Å²) in [5.41, 5.74) is -1.15. The predicted octanol–water partition coefficient (Wildman–Crippen LogP) is 4.55. The summed E-state index contributed by atoms with van der Waals surface area (Å²) in [6.07, 6.45) is 0. The third-order valence-electron chi connectivity index (χ3n) is 6.40. The minimum atomic E-state index is -1.44. The normalized spacial score (nSPS) is 11.4. The molecule has 0 aliphatic rings. The van der Waals surface area contributed by atoms with Crippen LogP contribution >= 0.6 is 0 Å². The Kier molecular flexibility index (Phi) is 4.85. The molecule has 5 rings (SSSR count). The largest absolute Gasteiger partial charge is 0.492 e. The van der Waals surface area contributed by atoms with Gasteiger partial charge in [0.15, 0.2) is 11.5 Å². The lowest BCUT2D eigenvalue weighted by molar-refractivity contribution is 0.0679. The van der Waals surface area contributed by atoms with E-state index in [4.69, 9.17) is 9.47 Å². The third kappa shape index (κ3) is 2.78. The monoisotopic (exact) mass is 488 g/mol. The predicted molar refractivity (Wildman–Crippen MR) is 129 cm³/mol. The van der Waals surface area contributed by atoms with E-state index in [-0.39, 0.29) is 49.7 Å². The first-order chi connectivity index (χ1) is 17.1. The van der Waals surface area contributed by atoms with Gasteiger partial charge in [-0.25, -0.2) is 19.2 Å². The molecule has 180 valence electrons. The number of carboxylic acid groups (broad SMARTS) is 4. The van der Waals surface area contributed by atoms with Crippen LogP contribution in [-0.4, -0.2) is 58.5 Å². The van der Waals surface area contributed by atoms with E-state index in [1.54, 1.807) is 0 Å². The van der Waals surface area contributed by atoms with Crippen molar-refractivity contribution < 1.29 is 49.1 Å². The smallest absolute Gasteiger partial charge is 0.340 e. The fourth-order valence-corrected chi connectivity index (χ4v) is 5.11. The topological polar surface area (TPSA) is 168 Å². The van der Waals surface area contributed by atoms with Crippen LogP contribution in [0.1, 0.15) is 41.4 Å². The number of ether oxygens (including phenoxy) is 2. The number of hydrogen-bond donors (Lipinski definition) is 4. The van der Waals surface area contributed by atoms with Gasteiger partial charge in [0, 0.05) is 21.5 Å². The molecule has 4 N–H and O–H groups in total. The Labute approximate surface area is 200 Å². The van der Waals surface area contributed by atoms with Gasteiger partial charge in [0.1, 0.15) is 5.56 Å². The Morgan fingerprint density at radius 1 is 0.500 bits per heavy atom. The molecule has 0 radical (unpaired) electrons. The number of carboxylic acids is 4. The fourth-order valence-electron chi connectivity index (χ4n) is 5.11. The molecule has 0 saturated carbocycles. The third-order valence-corrected chi connectivity index (χ3v) is 6.40. The number of fused-ring (bicyclic) bond motifs is 2. The van der Waals surface area contributed by atoms with Crippen LogP contribution in [0.3, 0.4) is 0 Å². The van der Waals surface area contributed by atoms with Gasteiger partial charge in [0.25, 0.3) is 0 Å². The molecular formula is C26H16O10. The minimum Gasteiger partial charge on any atom is -0.492 e. The van der Waals surface area contributed by atoms with Crippen LogP contribution in [0, 0.1) is 0 Å². The number of carbonyl (C=O) groups is 4. The summed E-state index contributed by atoms with van der Waals surface area (Å²) in [6.45, 7) is 0. The van der Waals surface area contributed by atoms with Gasteiger partial charge >= 0.3 is 23.9 Å². The molecular weight excluding hydrogens is 472 g/mol. The van der Waals surface area contributed by atoms with Gasteiger partial charge in [-0.05, 0) is 39.7 Å². The summed E-state index contributed by atoms with van der Waals surface area (Å²) in [6, 6.07) is 8.23. The highest BCUT2D eigenvalue weighted by Crippen LogP contribution is 2.51. The molecule has 0 aliphatic heterocycles. The van der Waals surface area contributed by atoms with Crippen LogP contribution < -0.4 is 9.47 Å². The van der Waals surface area contributed by atoms with E-state index < -0.39 is 29.4 Å². The van der Waals surface area contributed by atoms with Gasteiger partial charge < -0.3 is 29.9 Å². The van der Waals surface area contributed by atoms with Crippen molar-refractivity contribution in [1.29, 1.82) is 0 Å². The Hall–Kier alpha value is -5.12. The zero-order valence-electron chi connectivity index (χ0n) is 18.7. The van der Waals surface area contributed by atoms with Crippen molar-refractivity contribution >= 4 is 67.0 Å². The van der Waals surface area contributed by atoms with Gasteiger partial charge in [-0.1, -0.05) is 18.2 Å². The van der Waals surface area contributed by atoms with E-state index in [0.717, 1.165) is 0 Å². The Bertz CT molecular complexity index is 1800. The molecule has 0 heterocycles. The van der Waals surface area contributed by atoms with Crippen molar-refractivity contribution in [3.63, 3.8) is 0 Å². The lowest BCUT2D eigenvalue weighted by Crippen LogP contribution is -2.10. The molecule has 36 heavy (non-hydrogen) atoms. The highest BCUT2D eigenvalue weighted by Gasteiger charge is 2.31. The number of benzene rings is 5. The van der Waals surface area contributed by atoms with Crippen LogP contribution in [0.15, 0.2) is 36.4 Å². The van der Waals surface area contributed by atoms with Crippen LogP contribution in [0.2, 0.25) is 0 Å². The number of methoxy groups -OCH3 is 2. The summed E-state index contributed by atoms with van der Waals surface area (Å²) >= 11 is 0. The van der Waals surface area contributed by atoms with Gasteiger partial charge in [-0.3, -0.25) is 0 Å². The Balaban J connectivity index is 2.26. The van der Waals surface area contributed by atoms with Gasteiger partial charge in [-0.15, -0.1) is 0 Å². The second kappa shape index (κ2) is 7.70. The maximum absolute atomic E-state index is 12.4. The van der Waals surface area contributed by atoms with Crippen LogP contribution in [0.4, 0.5) is 0 Å². The maximum atomic E-state index is 12.4. The van der Waals surface area contributed by atoms with E-state index >= 15 is 0 Å². The molecule has 5 aromatic carbocycles. The van der Waals surface area contributed by atoms with E-state index in [0.29, 0.717) is 21.5 Å². The summed E-state index contributed by atoms with van der Waals surface area (Å²) < 4.78 is 11.0. The quantitative estimate of drug-likeness (QED) is 0.197. The maximum Gasteiger partial charge on any atom is 0.340 e. The summed E-state index contributed by atoms with van der Waals surface area (Å²) in [7, 11) is 2.51. The summed E-state index contributed by atoms with van der Waals surface area (Å²) in [5.74, 6) is -5.69. The van der Waals surface area contributed by atoms with Crippen molar-refractivity contribution in [3.8, 4) is 11.5 Å². The van der Waals surface area contributed by atoms with E-state index in [9.17, 15) is 39.6 Å². The first-order valence-electron chi connectivity index (χ1n) is 10.4. The molecule has 0 aliphatic carbocycles. The molecule has 5 aromatic rings. The zero-order chi connectivity index (χ0) is 26.0. The molecule has 0 amide bonds. The minimum absolute atomic E-state index is 0.0121. The van der Waals surface area contributed by atoms with Crippen molar-refractivity contribution in [1.82, 2.24) is 0 Å². The number of rotatable bonds is 6. The molecule has 0 fully saturated rings. The average molecular weight is 488 g/mol. The highest BCUT2D eigenvalue weighted by atomic mass is 16.5. The second-order valence-electron chi connectivity index (χ2n) is 8.02. The van der Waals surface area contributed by atoms with Gasteiger partial charge in [-0.2, -0.15) is 0 Å². The van der Waals surface area contributed by atoms with Crippen LogP contribution in [0.25, 0.3) is 43.1 Å². The average Bonchev–Trinajstić information content (AvgIpc) is 2.84. The molecule has 10 nitrogen and oxygen atoms in total. The first-order valence-corrected chi connectivity index (χ1v) is 10.4. The first kappa shape index (κ1) is 22.7. The summed E-state index contributed by atoms with van der Waals surface area (Å²) in [5, 5.41) is 41.5. The molecule has 0 saturated heterocycles. The summed E-state index contributed by atoms with van der Waals surface area (Å²) in [4.78, 5) is 48.6. The Morgan fingerprint density at radius 2 is 0.944 bits per heavy atom. The molecule has 0 aromatic heterocycles. The van der Waals surface area contributed by atoms with Crippen LogP contribution in [0.5, 0.6) is 11.5 Å². The SMILES string of the molecule is COc1c(C(=O)O)c2c(C(=O)O)ccc3c4ccc(C(=O)O)c5c(C(=O)O)ccc(c(c1OC)c23)c54. The van der Waals surface area contributed by atoms with Crippen molar-refractivity contribution in [3.05, 3.63) is 58.7 Å². The number of hydrogen-bond acceptors (Lipinski definition) is 6. The zero-order valence-corrected chi connectivity index (χ0v) is 18.7. The molecule has 0 unspecified atom stereocenters. The van der Waals surface area contributed by atoms with E-state index in [2.05, 4.69) is 0 Å². The van der Waals surface area contributed by atoms with Crippen LogP contribution in [-0.2, 0) is 0 Å².